The first kappa shape index (κ1) is 21.8. The fourth-order valence-corrected chi connectivity index (χ4v) is 4.47. The predicted molar refractivity (Wildman–Crippen MR) is 128 cm³/mol. The van der Waals surface area contributed by atoms with Crippen LogP contribution in [-0.4, -0.2) is 69.7 Å². The standard InChI is InChI=1S/C26H25N5O3/c1-17(2)31-25(33)20-9-8-19(14-21(20)26(31)34)24(32)30-12-10-29(11-13-30)23-15-22(27-16-28-23)18-6-4-3-5-7-18/h3-9,14-17H,10-13H2,1-2H3. The largest absolute Gasteiger partial charge is 0.353 e. The molecule has 3 heterocycles. The van der Waals surface area contributed by atoms with Crippen molar-refractivity contribution in [3.8, 4) is 11.3 Å². The van der Waals surface area contributed by atoms with Crippen LogP contribution in [0.15, 0.2) is 60.9 Å². The van der Waals surface area contributed by atoms with E-state index in [4.69, 9.17) is 0 Å². The van der Waals surface area contributed by atoms with E-state index < -0.39 is 0 Å². The van der Waals surface area contributed by atoms with E-state index in [1.165, 1.54) is 4.90 Å². The van der Waals surface area contributed by atoms with Crippen molar-refractivity contribution >= 4 is 23.5 Å². The van der Waals surface area contributed by atoms with Crippen molar-refractivity contribution in [1.82, 2.24) is 19.8 Å². The Hall–Kier alpha value is -4.07. The van der Waals surface area contributed by atoms with E-state index in [1.54, 1.807) is 43.3 Å². The molecule has 8 nitrogen and oxygen atoms in total. The van der Waals surface area contributed by atoms with Gasteiger partial charge in [0.15, 0.2) is 0 Å². The van der Waals surface area contributed by atoms with Crippen LogP contribution in [0.5, 0.6) is 0 Å². The highest BCUT2D eigenvalue weighted by molar-refractivity contribution is 6.22. The molecule has 2 aliphatic heterocycles. The average molecular weight is 456 g/mol. The van der Waals surface area contributed by atoms with Gasteiger partial charge in [-0.3, -0.25) is 19.3 Å². The topological polar surface area (TPSA) is 86.7 Å². The van der Waals surface area contributed by atoms with Crippen LogP contribution in [0.25, 0.3) is 11.3 Å². The maximum Gasteiger partial charge on any atom is 0.261 e. The molecule has 0 aliphatic carbocycles. The zero-order valence-electron chi connectivity index (χ0n) is 19.1. The van der Waals surface area contributed by atoms with Gasteiger partial charge in [0.05, 0.1) is 16.8 Å². The Labute approximate surface area is 197 Å². The van der Waals surface area contributed by atoms with Crippen LogP contribution < -0.4 is 4.90 Å². The van der Waals surface area contributed by atoms with E-state index in [0.29, 0.717) is 42.9 Å². The van der Waals surface area contributed by atoms with Gasteiger partial charge in [-0.25, -0.2) is 9.97 Å². The van der Waals surface area contributed by atoms with Gasteiger partial charge in [-0.15, -0.1) is 0 Å². The number of imide groups is 1. The maximum absolute atomic E-state index is 13.2. The Morgan fingerprint density at radius 2 is 1.56 bits per heavy atom. The molecule has 0 atom stereocenters. The van der Waals surface area contributed by atoms with Crippen LogP contribution >= 0.6 is 0 Å². The number of anilines is 1. The normalized spacial score (nSPS) is 15.8. The molecule has 0 N–H and O–H groups in total. The van der Waals surface area contributed by atoms with Crippen molar-refractivity contribution in [3.05, 3.63) is 77.6 Å². The van der Waals surface area contributed by atoms with E-state index >= 15 is 0 Å². The number of carbonyl (C=O) groups excluding carboxylic acids is 3. The molecule has 3 aromatic rings. The van der Waals surface area contributed by atoms with E-state index in [2.05, 4.69) is 14.9 Å². The molecular weight excluding hydrogens is 430 g/mol. The van der Waals surface area contributed by atoms with Gasteiger partial charge in [0, 0.05) is 49.4 Å². The number of aromatic nitrogens is 2. The van der Waals surface area contributed by atoms with Gasteiger partial charge >= 0.3 is 0 Å². The Kier molecular flexibility index (Phi) is 5.57. The van der Waals surface area contributed by atoms with Gasteiger partial charge in [0.1, 0.15) is 12.1 Å². The molecule has 2 aromatic carbocycles. The second-order valence-corrected chi connectivity index (χ2v) is 8.74. The van der Waals surface area contributed by atoms with Gasteiger partial charge in [0.2, 0.25) is 0 Å². The highest BCUT2D eigenvalue weighted by atomic mass is 16.2. The molecule has 0 saturated carbocycles. The lowest BCUT2D eigenvalue weighted by Crippen LogP contribution is -2.49. The first-order chi connectivity index (χ1) is 16.4. The monoisotopic (exact) mass is 455 g/mol. The Morgan fingerprint density at radius 3 is 2.26 bits per heavy atom. The van der Waals surface area contributed by atoms with Crippen molar-refractivity contribution < 1.29 is 14.4 Å². The third-order valence-corrected chi connectivity index (χ3v) is 6.29. The Bertz CT molecular complexity index is 1270. The van der Waals surface area contributed by atoms with Crippen molar-refractivity contribution in [3.63, 3.8) is 0 Å². The summed E-state index contributed by atoms with van der Waals surface area (Å²) in [6, 6.07) is 16.5. The SMILES string of the molecule is CC(C)N1C(=O)c2ccc(C(=O)N3CCN(c4cc(-c5ccccc5)ncn4)CC3)cc2C1=O. The van der Waals surface area contributed by atoms with Crippen molar-refractivity contribution in [2.75, 3.05) is 31.1 Å². The number of nitrogens with zero attached hydrogens (tertiary/aromatic N) is 5. The summed E-state index contributed by atoms with van der Waals surface area (Å²) in [5, 5.41) is 0. The van der Waals surface area contributed by atoms with Crippen LogP contribution in [0, 0.1) is 0 Å². The molecular formula is C26H25N5O3. The van der Waals surface area contributed by atoms with E-state index in [0.717, 1.165) is 17.1 Å². The molecule has 0 radical (unpaired) electrons. The summed E-state index contributed by atoms with van der Waals surface area (Å²) in [4.78, 5) is 52.3. The Balaban J connectivity index is 1.28. The smallest absolute Gasteiger partial charge is 0.261 e. The third-order valence-electron chi connectivity index (χ3n) is 6.29. The number of carbonyl (C=O) groups is 3. The first-order valence-corrected chi connectivity index (χ1v) is 11.4. The molecule has 172 valence electrons. The van der Waals surface area contributed by atoms with E-state index in [1.807, 2.05) is 36.4 Å². The lowest BCUT2D eigenvalue weighted by molar-refractivity contribution is 0.0608. The first-order valence-electron chi connectivity index (χ1n) is 11.4. The summed E-state index contributed by atoms with van der Waals surface area (Å²) >= 11 is 0. The number of fused-ring (bicyclic) bond motifs is 1. The molecule has 1 saturated heterocycles. The summed E-state index contributed by atoms with van der Waals surface area (Å²) in [6.45, 7) is 5.94. The molecule has 0 spiro atoms. The van der Waals surface area contributed by atoms with E-state index in [9.17, 15) is 14.4 Å². The minimum absolute atomic E-state index is 0.140. The van der Waals surface area contributed by atoms with Crippen LogP contribution in [-0.2, 0) is 0 Å². The van der Waals surface area contributed by atoms with Crippen molar-refractivity contribution in [1.29, 1.82) is 0 Å². The number of hydrogen-bond acceptors (Lipinski definition) is 6. The maximum atomic E-state index is 13.2. The second kappa shape index (κ2) is 8.70. The Morgan fingerprint density at radius 1 is 0.853 bits per heavy atom. The molecule has 1 aromatic heterocycles. The molecule has 0 unspecified atom stereocenters. The van der Waals surface area contributed by atoms with Crippen LogP contribution in [0.3, 0.4) is 0 Å². The average Bonchev–Trinajstić information content (AvgIpc) is 3.13. The summed E-state index contributed by atoms with van der Waals surface area (Å²) < 4.78 is 0. The highest BCUT2D eigenvalue weighted by Gasteiger charge is 2.37. The van der Waals surface area contributed by atoms with Crippen molar-refractivity contribution in [2.24, 2.45) is 0 Å². The fraction of sp³-hybridized carbons (Fsp3) is 0.269. The highest BCUT2D eigenvalue weighted by Crippen LogP contribution is 2.27. The molecule has 5 rings (SSSR count). The number of benzene rings is 2. The van der Waals surface area contributed by atoms with Gasteiger partial charge < -0.3 is 9.80 Å². The summed E-state index contributed by atoms with van der Waals surface area (Å²) in [5.74, 6) is 0.0458. The molecule has 8 heteroatoms. The fourth-order valence-electron chi connectivity index (χ4n) is 4.47. The van der Waals surface area contributed by atoms with Gasteiger partial charge in [0.25, 0.3) is 17.7 Å². The minimum Gasteiger partial charge on any atom is -0.353 e. The molecule has 0 bridgehead atoms. The number of hydrogen-bond donors (Lipinski definition) is 0. The zero-order valence-corrected chi connectivity index (χ0v) is 19.1. The second-order valence-electron chi connectivity index (χ2n) is 8.74. The summed E-state index contributed by atoms with van der Waals surface area (Å²) in [7, 11) is 0. The zero-order chi connectivity index (χ0) is 23.8. The van der Waals surface area contributed by atoms with Crippen LogP contribution in [0.4, 0.5) is 5.82 Å². The van der Waals surface area contributed by atoms with Gasteiger partial charge in [-0.05, 0) is 32.0 Å². The molecule has 2 aliphatic rings. The minimum atomic E-state index is -0.340. The van der Waals surface area contributed by atoms with Crippen LogP contribution in [0.2, 0.25) is 0 Å². The number of amides is 3. The summed E-state index contributed by atoms with van der Waals surface area (Å²) in [5.41, 5.74) is 2.97. The molecule has 1 fully saturated rings. The van der Waals surface area contributed by atoms with E-state index in [-0.39, 0.29) is 23.8 Å². The van der Waals surface area contributed by atoms with Gasteiger partial charge in [-0.1, -0.05) is 30.3 Å². The van der Waals surface area contributed by atoms with Gasteiger partial charge in [-0.2, -0.15) is 0 Å². The molecule has 34 heavy (non-hydrogen) atoms. The third kappa shape index (κ3) is 3.81. The number of rotatable bonds is 4. The quantitative estimate of drug-likeness (QED) is 0.562. The number of piperazine rings is 1. The lowest BCUT2D eigenvalue weighted by Gasteiger charge is -2.35. The van der Waals surface area contributed by atoms with Crippen molar-refractivity contribution in [2.45, 2.75) is 19.9 Å². The molecule has 3 amide bonds. The lowest BCUT2D eigenvalue weighted by atomic mass is 10.0. The summed E-state index contributed by atoms with van der Waals surface area (Å²) in [6.07, 6.45) is 1.57. The van der Waals surface area contributed by atoms with Crippen LogP contribution in [0.1, 0.15) is 44.9 Å². The predicted octanol–water partition coefficient (Wildman–Crippen LogP) is 3.11.